The molecule has 1 atom stereocenters. The van der Waals surface area contributed by atoms with Crippen molar-refractivity contribution in [2.24, 2.45) is 0 Å². The van der Waals surface area contributed by atoms with Gasteiger partial charge in [0, 0.05) is 0 Å². The normalized spacial score (nSPS) is 11.2. The fourth-order valence-corrected chi connectivity index (χ4v) is 2.05. The molecule has 108 valence electrons. The van der Waals surface area contributed by atoms with Crippen LogP contribution >= 0.6 is 9.24 Å². The van der Waals surface area contributed by atoms with Gasteiger partial charge in [0.2, 0.25) is 0 Å². The molecule has 6 nitrogen and oxygen atoms in total. The van der Waals surface area contributed by atoms with Crippen LogP contribution in [-0.2, 0) is 5.66 Å². The van der Waals surface area contributed by atoms with Crippen molar-refractivity contribution >= 4 is 20.8 Å². The van der Waals surface area contributed by atoms with E-state index >= 15 is 0 Å². The van der Waals surface area contributed by atoms with Gasteiger partial charge in [-0.2, -0.15) is 19.1 Å². The fourth-order valence-electron chi connectivity index (χ4n) is 1.78. The van der Waals surface area contributed by atoms with Gasteiger partial charge >= 0.3 is 5.66 Å². The van der Waals surface area contributed by atoms with Crippen LogP contribution in [0.3, 0.4) is 0 Å². The number of ketones is 1. The van der Waals surface area contributed by atoms with Crippen LogP contribution in [0.5, 0.6) is 0 Å². The molecule has 0 aliphatic rings. The van der Waals surface area contributed by atoms with E-state index in [2.05, 4.69) is 10.1 Å². The van der Waals surface area contributed by atoms with Crippen LogP contribution in [0.1, 0.15) is 28.5 Å². The summed E-state index contributed by atoms with van der Waals surface area (Å²) in [5.41, 5.74) is 1.50. The van der Waals surface area contributed by atoms with Crippen molar-refractivity contribution in [3.8, 4) is 11.9 Å². The molecular weight excluding hydrogens is 299 g/mol. The average molecular weight is 309 g/mol. The topological polar surface area (TPSA) is 97.6 Å². The summed E-state index contributed by atoms with van der Waals surface area (Å²) in [6, 6.07) is 4.49. The number of carbonyl (C=O) groups is 1. The number of nitrogen functional groups attached to an aromatic ring is 1. The molecule has 0 aliphatic heterocycles. The van der Waals surface area contributed by atoms with Crippen molar-refractivity contribution in [3.63, 3.8) is 0 Å². The third-order valence-electron chi connectivity index (χ3n) is 2.71. The highest BCUT2D eigenvalue weighted by molar-refractivity contribution is 7.17. The highest BCUT2D eigenvalue weighted by atomic mass is 31.0. The van der Waals surface area contributed by atoms with E-state index in [-0.39, 0.29) is 22.8 Å². The smallest absolute Gasteiger partial charge is 0.301 e. The molecule has 2 N–H and O–H groups in total. The first-order valence-corrected chi connectivity index (χ1v) is 6.26. The van der Waals surface area contributed by atoms with E-state index < -0.39 is 17.1 Å². The Hall–Kier alpha value is -2.39. The van der Waals surface area contributed by atoms with Gasteiger partial charge in [-0.05, 0) is 19.1 Å². The van der Waals surface area contributed by atoms with E-state index in [4.69, 9.17) is 11.0 Å². The van der Waals surface area contributed by atoms with Crippen molar-refractivity contribution in [3.05, 3.63) is 35.2 Å². The second-order valence-electron chi connectivity index (χ2n) is 4.21. The zero-order chi connectivity index (χ0) is 15.8. The standard InChI is InChI=1S/C12H10F2N5OP/c1-6(20)8-5-17-19(10(8)12(13,14)21)9-3-2-7(4-15)11(16)18-9/h2-3,5H,21H2,1H3,(H2,16,18). The van der Waals surface area contributed by atoms with Gasteiger partial charge in [-0.25, -0.2) is 9.67 Å². The van der Waals surface area contributed by atoms with Crippen molar-refractivity contribution in [2.75, 3.05) is 5.73 Å². The molecule has 21 heavy (non-hydrogen) atoms. The zero-order valence-corrected chi connectivity index (χ0v) is 12.0. The first-order valence-electron chi connectivity index (χ1n) is 5.69. The number of pyridine rings is 1. The summed E-state index contributed by atoms with van der Waals surface area (Å²) in [6.07, 6.45) is 1.05. The van der Waals surface area contributed by atoms with E-state index in [0.29, 0.717) is 0 Å². The zero-order valence-electron chi connectivity index (χ0n) is 10.8. The summed E-state index contributed by atoms with van der Waals surface area (Å²) in [4.78, 5) is 15.3. The Morgan fingerprint density at radius 1 is 1.52 bits per heavy atom. The van der Waals surface area contributed by atoms with Gasteiger partial charge in [-0.3, -0.25) is 4.79 Å². The third kappa shape index (κ3) is 2.73. The molecule has 2 rings (SSSR count). The summed E-state index contributed by atoms with van der Waals surface area (Å²) in [5, 5.41) is 12.6. The molecule has 0 radical (unpaired) electrons. The van der Waals surface area contributed by atoms with E-state index in [1.54, 1.807) is 0 Å². The molecule has 0 aromatic carbocycles. The summed E-state index contributed by atoms with van der Waals surface area (Å²) in [5.74, 6) is -0.649. The van der Waals surface area contributed by atoms with E-state index in [0.717, 1.165) is 10.9 Å². The van der Waals surface area contributed by atoms with Gasteiger partial charge < -0.3 is 5.73 Å². The maximum Gasteiger partial charge on any atom is 0.301 e. The van der Waals surface area contributed by atoms with Crippen LogP contribution in [-0.4, -0.2) is 20.5 Å². The number of anilines is 1. The number of rotatable bonds is 3. The molecule has 2 heterocycles. The second kappa shape index (κ2) is 5.19. The summed E-state index contributed by atoms with van der Waals surface area (Å²) >= 11 is 0. The number of nitrogens with zero attached hydrogens (tertiary/aromatic N) is 4. The molecule has 0 fully saturated rings. The Morgan fingerprint density at radius 2 is 2.19 bits per heavy atom. The second-order valence-corrected chi connectivity index (χ2v) is 4.94. The Labute approximate surface area is 120 Å². The van der Waals surface area contributed by atoms with E-state index in [1.165, 1.54) is 28.3 Å². The highest BCUT2D eigenvalue weighted by Crippen LogP contribution is 2.38. The van der Waals surface area contributed by atoms with Crippen molar-refractivity contribution in [1.29, 1.82) is 5.26 Å². The third-order valence-corrected chi connectivity index (χ3v) is 2.99. The number of Topliss-reactive ketones (excluding diaryl/α,β-unsaturated/α-hetero) is 1. The van der Waals surface area contributed by atoms with Gasteiger partial charge in [-0.1, -0.05) is 9.24 Å². The predicted octanol–water partition coefficient (Wildman–Crippen LogP) is 1.85. The lowest BCUT2D eigenvalue weighted by atomic mass is 10.2. The Bertz CT molecular complexity index is 760. The first kappa shape index (κ1) is 15.0. The Kier molecular flexibility index (Phi) is 3.71. The number of aromatic nitrogens is 3. The molecule has 0 saturated heterocycles. The molecule has 0 amide bonds. The van der Waals surface area contributed by atoms with Crippen LogP contribution in [0.15, 0.2) is 18.3 Å². The minimum atomic E-state index is -3.37. The number of halogens is 2. The summed E-state index contributed by atoms with van der Waals surface area (Å²) in [6.45, 7) is 1.17. The molecule has 0 bridgehead atoms. The summed E-state index contributed by atoms with van der Waals surface area (Å²) in [7, 11) is 1.36. The number of hydrogen-bond acceptors (Lipinski definition) is 5. The summed E-state index contributed by atoms with van der Waals surface area (Å²) < 4.78 is 28.3. The van der Waals surface area contributed by atoms with Crippen molar-refractivity contribution in [2.45, 2.75) is 12.6 Å². The Morgan fingerprint density at radius 3 is 2.67 bits per heavy atom. The van der Waals surface area contributed by atoms with Gasteiger partial charge in [0.15, 0.2) is 11.6 Å². The number of alkyl halides is 2. The van der Waals surface area contributed by atoms with E-state index in [9.17, 15) is 13.6 Å². The minimum Gasteiger partial charge on any atom is -0.383 e. The van der Waals surface area contributed by atoms with Gasteiger partial charge in [-0.15, -0.1) is 0 Å². The maximum absolute atomic E-state index is 13.7. The molecule has 9 heteroatoms. The molecule has 0 saturated carbocycles. The Balaban J connectivity index is 2.68. The average Bonchev–Trinajstić information content (AvgIpc) is 2.83. The van der Waals surface area contributed by atoms with Crippen molar-refractivity contribution in [1.82, 2.24) is 14.8 Å². The number of nitriles is 1. The SMILES string of the molecule is CC(=O)c1cnn(-c2ccc(C#N)c(N)n2)c1C(F)(F)P. The van der Waals surface area contributed by atoms with Gasteiger partial charge in [0.25, 0.3) is 0 Å². The van der Waals surface area contributed by atoms with Crippen LogP contribution in [0.4, 0.5) is 14.6 Å². The number of carbonyl (C=O) groups excluding carboxylic acids is 1. The molecule has 0 spiro atoms. The lowest BCUT2D eigenvalue weighted by molar-refractivity contribution is 0.0890. The number of hydrogen-bond donors (Lipinski definition) is 1. The molecule has 2 aromatic rings. The maximum atomic E-state index is 13.7. The minimum absolute atomic E-state index is 0.00359. The first-order chi connectivity index (χ1) is 9.75. The van der Waals surface area contributed by atoms with Crippen LogP contribution in [0.2, 0.25) is 0 Å². The van der Waals surface area contributed by atoms with Gasteiger partial charge in [0.1, 0.15) is 17.6 Å². The lowest BCUT2D eigenvalue weighted by Crippen LogP contribution is -2.16. The van der Waals surface area contributed by atoms with Gasteiger partial charge in [0.05, 0.1) is 17.3 Å². The van der Waals surface area contributed by atoms with Crippen LogP contribution in [0, 0.1) is 11.3 Å². The van der Waals surface area contributed by atoms with Crippen LogP contribution in [0.25, 0.3) is 5.82 Å². The highest BCUT2D eigenvalue weighted by Gasteiger charge is 2.35. The van der Waals surface area contributed by atoms with E-state index in [1.807, 2.05) is 6.07 Å². The fraction of sp³-hybridized carbons (Fsp3) is 0.167. The van der Waals surface area contributed by atoms with Crippen molar-refractivity contribution < 1.29 is 13.6 Å². The lowest BCUT2D eigenvalue weighted by Gasteiger charge is -2.14. The molecule has 1 unspecified atom stereocenters. The number of nitrogens with two attached hydrogens (primary N) is 1. The predicted molar refractivity (Wildman–Crippen MR) is 74.1 cm³/mol. The molecule has 2 aromatic heterocycles. The van der Waals surface area contributed by atoms with Crippen LogP contribution < -0.4 is 5.73 Å². The monoisotopic (exact) mass is 309 g/mol. The quantitative estimate of drug-likeness (QED) is 0.689. The largest absolute Gasteiger partial charge is 0.383 e. The molecular formula is C12H10F2N5OP. The molecule has 0 aliphatic carbocycles.